The Bertz CT molecular complexity index is 655. The van der Waals surface area contributed by atoms with Crippen LogP contribution in [0.3, 0.4) is 0 Å². The topological polar surface area (TPSA) is 40.5 Å². The van der Waals surface area contributed by atoms with Crippen LogP contribution in [-0.2, 0) is 6.42 Å². The molecule has 2 aromatic carbocycles. The SMILES string of the molecule is C=C(Cc1ccccc1)CC(CO)(CO)CC(=C)c1ccccc1. The van der Waals surface area contributed by atoms with Crippen molar-refractivity contribution in [3.05, 3.63) is 90.5 Å². The summed E-state index contributed by atoms with van der Waals surface area (Å²) in [6.45, 7) is 8.12. The van der Waals surface area contributed by atoms with E-state index < -0.39 is 5.41 Å². The minimum Gasteiger partial charge on any atom is -0.396 e. The van der Waals surface area contributed by atoms with Gasteiger partial charge in [-0.1, -0.05) is 79.4 Å². The van der Waals surface area contributed by atoms with Crippen molar-refractivity contribution in [3.8, 4) is 0 Å². The van der Waals surface area contributed by atoms with Gasteiger partial charge in [-0.15, -0.1) is 0 Å². The summed E-state index contributed by atoms with van der Waals surface area (Å²) in [6, 6.07) is 20.0. The summed E-state index contributed by atoms with van der Waals surface area (Å²) in [6.07, 6.45) is 1.86. The van der Waals surface area contributed by atoms with E-state index in [1.165, 1.54) is 5.56 Å². The van der Waals surface area contributed by atoms with E-state index in [0.717, 1.165) is 23.1 Å². The van der Waals surface area contributed by atoms with Crippen molar-refractivity contribution in [1.82, 2.24) is 0 Å². The zero-order valence-electron chi connectivity index (χ0n) is 14.1. The molecular weight excluding hydrogens is 296 g/mol. The zero-order chi connectivity index (χ0) is 17.4. The van der Waals surface area contributed by atoms with Crippen molar-refractivity contribution in [2.75, 3.05) is 13.2 Å². The van der Waals surface area contributed by atoms with Gasteiger partial charge < -0.3 is 10.2 Å². The number of aliphatic hydroxyl groups excluding tert-OH is 2. The number of allylic oxidation sites excluding steroid dienone is 2. The third-order valence-corrected chi connectivity index (χ3v) is 4.36. The molecule has 0 aromatic heterocycles. The fourth-order valence-corrected chi connectivity index (χ4v) is 3.04. The summed E-state index contributed by atoms with van der Waals surface area (Å²) >= 11 is 0. The highest BCUT2D eigenvalue weighted by Gasteiger charge is 2.30. The Morgan fingerprint density at radius 1 is 0.792 bits per heavy atom. The predicted octanol–water partition coefficient (Wildman–Crippen LogP) is 4.25. The molecule has 0 radical (unpaired) electrons. The Hall–Kier alpha value is -2.16. The number of aliphatic hydroxyl groups is 2. The van der Waals surface area contributed by atoms with Gasteiger partial charge in [0.2, 0.25) is 0 Å². The molecule has 0 aliphatic heterocycles. The molecule has 0 fully saturated rings. The third-order valence-electron chi connectivity index (χ3n) is 4.36. The average Bonchev–Trinajstić information content (AvgIpc) is 2.62. The molecule has 0 amide bonds. The average molecular weight is 322 g/mol. The van der Waals surface area contributed by atoms with Crippen molar-refractivity contribution in [2.45, 2.75) is 19.3 Å². The molecule has 0 aliphatic rings. The molecule has 2 N–H and O–H groups in total. The van der Waals surface area contributed by atoms with E-state index in [1.807, 2.05) is 48.5 Å². The van der Waals surface area contributed by atoms with E-state index in [-0.39, 0.29) is 13.2 Å². The Balaban J connectivity index is 2.06. The van der Waals surface area contributed by atoms with E-state index in [4.69, 9.17) is 0 Å². The zero-order valence-corrected chi connectivity index (χ0v) is 14.1. The Kier molecular flexibility index (Phi) is 6.53. The number of hydrogen-bond donors (Lipinski definition) is 2. The Morgan fingerprint density at radius 2 is 1.33 bits per heavy atom. The summed E-state index contributed by atoms with van der Waals surface area (Å²) in [5, 5.41) is 19.9. The Labute approximate surface area is 144 Å². The summed E-state index contributed by atoms with van der Waals surface area (Å²) in [5.74, 6) is 0. The molecule has 0 saturated carbocycles. The molecule has 0 aliphatic carbocycles. The summed E-state index contributed by atoms with van der Waals surface area (Å²) in [4.78, 5) is 0. The van der Waals surface area contributed by atoms with Crippen molar-refractivity contribution in [1.29, 1.82) is 0 Å². The molecule has 2 nitrogen and oxygen atoms in total. The van der Waals surface area contributed by atoms with Gasteiger partial charge in [0.15, 0.2) is 0 Å². The second-order valence-corrected chi connectivity index (χ2v) is 6.55. The second kappa shape index (κ2) is 8.62. The van der Waals surface area contributed by atoms with Gasteiger partial charge >= 0.3 is 0 Å². The number of rotatable bonds is 9. The molecule has 0 spiro atoms. The minimum atomic E-state index is -0.626. The normalized spacial score (nSPS) is 11.2. The molecule has 0 bridgehead atoms. The van der Waals surface area contributed by atoms with Gasteiger partial charge in [0.1, 0.15) is 0 Å². The minimum absolute atomic E-state index is 0.0941. The molecule has 0 saturated heterocycles. The van der Waals surface area contributed by atoms with Crippen LogP contribution in [-0.4, -0.2) is 23.4 Å². The van der Waals surface area contributed by atoms with Crippen LogP contribution in [0.15, 0.2) is 79.4 Å². The van der Waals surface area contributed by atoms with Crippen LogP contribution in [0.2, 0.25) is 0 Å². The van der Waals surface area contributed by atoms with E-state index in [0.29, 0.717) is 12.8 Å². The van der Waals surface area contributed by atoms with E-state index in [9.17, 15) is 10.2 Å². The van der Waals surface area contributed by atoms with Gasteiger partial charge in [-0.3, -0.25) is 0 Å². The lowest BCUT2D eigenvalue weighted by Gasteiger charge is -2.32. The highest BCUT2D eigenvalue weighted by molar-refractivity contribution is 5.63. The first kappa shape index (κ1) is 18.2. The van der Waals surface area contributed by atoms with Crippen LogP contribution in [0.5, 0.6) is 0 Å². The molecule has 0 heterocycles. The Morgan fingerprint density at radius 3 is 1.88 bits per heavy atom. The first-order chi connectivity index (χ1) is 11.6. The molecule has 24 heavy (non-hydrogen) atoms. The van der Waals surface area contributed by atoms with Crippen molar-refractivity contribution in [2.24, 2.45) is 5.41 Å². The van der Waals surface area contributed by atoms with Crippen LogP contribution in [0.1, 0.15) is 24.0 Å². The van der Waals surface area contributed by atoms with Crippen LogP contribution < -0.4 is 0 Å². The number of benzene rings is 2. The maximum Gasteiger partial charge on any atom is 0.0515 e. The lowest BCUT2D eigenvalue weighted by Crippen LogP contribution is -2.31. The quantitative estimate of drug-likeness (QED) is 0.678. The standard InChI is InChI=1S/C22H26O2/c1-18(13-20-9-5-3-6-10-20)14-22(16-23,17-24)15-19(2)21-11-7-4-8-12-21/h3-12,23-24H,1-2,13-17H2. The van der Waals surface area contributed by atoms with Crippen LogP contribution in [0.4, 0.5) is 0 Å². The van der Waals surface area contributed by atoms with Gasteiger partial charge in [0.25, 0.3) is 0 Å². The van der Waals surface area contributed by atoms with Gasteiger partial charge in [0.05, 0.1) is 13.2 Å². The van der Waals surface area contributed by atoms with E-state index in [2.05, 4.69) is 25.3 Å². The summed E-state index contributed by atoms with van der Waals surface area (Å²) < 4.78 is 0. The van der Waals surface area contributed by atoms with Crippen molar-refractivity contribution < 1.29 is 10.2 Å². The van der Waals surface area contributed by atoms with Gasteiger partial charge in [0, 0.05) is 5.41 Å². The molecule has 0 atom stereocenters. The van der Waals surface area contributed by atoms with Crippen LogP contribution in [0, 0.1) is 5.41 Å². The summed E-state index contributed by atoms with van der Waals surface area (Å²) in [5.41, 5.74) is 3.53. The highest BCUT2D eigenvalue weighted by Crippen LogP contribution is 2.36. The highest BCUT2D eigenvalue weighted by atomic mass is 16.3. The van der Waals surface area contributed by atoms with Gasteiger partial charge in [-0.05, 0) is 36.0 Å². The smallest absolute Gasteiger partial charge is 0.0515 e. The fourth-order valence-electron chi connectivity index (χ4n) is 3.04. The third kappa shape index (κ3) is 4.92. The first-order valence-electron chi connectivity index (χ1n) is 8.24. The van der Waals surface area contributed by atoms with E-state index >= 15 is 0 Å². The second-order valence-electron chi connectivity index (χ2n) is 6.55. The number of hydrogen-bond acceptors (Lipinski definition) is 2. The van der Waals surface area contributed by atoms with Gasteiger partial charge in [-0.2, -0.15) is 0 Å². The largest absolute Gasteiger partial charge is 0.396 e. The van der Waals surface area contributed by atoms with Crippen LogP contribution >= 0.6 is 0 Å². The van der Waals surface area contributed by atoms with Gasteiger partial charge in [-0.25, -0.2) is 0 Å². The molecule has 126 valence electrons. The first-order valence-corrected chi connectivity index (χ1v) is 8.24. The predicted molar refractivity (Wildman–Crippen MR) is 101 cm³/mol. The molecule has 2 heteroatoms. The lowest BCUT2D eigenvalue weighted by molar-refractivity contribution is 0.0586. The van der Waals surface area contributed by atoms with E-state index in [1.54, 1.807) is 0 Å². The maximum atomic E-state index is 9.95. The molecule has 2 rings (SSSR count). The lowest BCUT2D eigenvalue weighted by atomic mass is 9.76. The monoisotopic (exact) mass is 322 g/mol. The maximum absolute atomic E-state index is 9.95. The molecular formula is C22H26O2. The fraction of sp³-hybridized carbons (Fsp3) is 0.273. The van der Waals surface area contributed by atoms with Crippen LogP contribution in [0.25, 0.3) is 5.57 Å². The van der Waals surface area contributed by atoms with Crippen molar-refractivity contribution >= 4 is 5.57 Å². The molecule has 0 unspecified atom stereocenters. The summed E-state index contributed by atoms with van der Waals surface area (Å²) in [7, 11) is 0. The molecule has 2 aromatic rings. The van der Waals surface area contributed by atoms with Crippen molar-refractivity contribution in [3.63, 3.8) is 0 Å².